The minimum atomic E-state index is -0.633. The third-order valence-corrected chi connectivity index (χ3v) is 5.29. The first kappa shape index (κ1) is 21.6. The van der Waals surface area contributed by atoms with Gasteiger partial charge in [-0.05, 0) is 43.7 Å². The van der Waals surface area contributed by atoms with Crippen molar-refractivity contribution in [2.45, 2.75) is 20.0 Å². The van der Waals surface area contributed by atoms with Crippen molar-refractivity contribution < 1.29 is 19.0 Å². The van der Waals surface area contributed by atoms with Crippen LogP contribution in [0.5, 0.6) is 5.75 Å². The van der Waals surface area contributed by atoms with E-state index in [1.54, 1.807) is 4.90 Å². The Hall–Kier alpha value is -2.15. The molecular weight excluding hydrogens is 395 g/mol. The van der Waals surface area contributed by atoms with Gasteiger partial charge < -0.3 is 14.7 Å². The monoisotopic (exact) mass is 420 g/mol. The first-order valence-electron chi connectivity index (χ1n) is 9.68. The summed E-state index contributed by atoms with van der Waals surface area (Å²) in [5.41, 5.74) is 2.24. The van der Waals surface area contributed by atoms with E-state index in [0.29, 0.717) is 32.7 Å². The van der Waals surface area contributed by atoms with Crippen molar-refractivity contribution in [3.05, 3.63) is 63.9 Å². The smallest absolute Gasteiger partial charge is 0.256 e. The zero-order valence-electron chi connectivity index (χ0n) is 16.7. The van der Waals surface area contributed by atoms with Crippen molar-refractivity contribution in [3.63, 3.8) is 0 Å². The number of hydrogen-bond donors (Lipinski definition) is 1. The van der Waals surface area contributed by atoms with Crippen LogP contribution in [0.3, 0.4) is 0 Å². The van der Waals surface area contributed by atoms with E-state index >= 15 is 0 Å². The second kappa shape index (κ2) is 9.57. The molecule has 0 bridgehead atoms. The molecule has 29 heavy (non-hydrogen) atoms. The van der Waals surface area contributed by atoms with Crippen molar-refractivity contribution >= 4 is 17.5 Å². The highest BCUT2D eigenvalue weighted by molar-refractivity contribution is 6.30. The second-order valence-electron chi connectivity index (χ2n) is 7.45. The molecular formula is C22H26ClFN2O3. The summed E-state index contributed by atoms with van der Waals surface area (Å²) in [4.78, 5) is 16.2. The standard InChI is InChI=1S/C22H26ClFN2O3/c1-15-3-6-21(16(2)11-15)29-14-18(27)13-25-7-9-26(10-8-25)22(28)19-5-4-17(23)12-20(19)24/h3-6,11-12,18,27H,7-10,13-14H2,1-2H3. The Kier molecular flexibility index (Phi) is 7.11. The van der Waals surface area contributed by atoms with Gasteiger partial charge in [0.05, 0.1) is 5.56 Å². The van der Waals surface area contributed by atoms with Gasteiger partial charge >= 0.3 is 0 Å². The molecule has 2 aromatic rings. The van der Waals surface area contributed by atoms with Gasteiger partial charge in [0.2, 0.25) is 0 Å². The van der Waals surface area contributed by atoms with Crippen LogP contribution in [-0.4, -0.2) is 66.2 Å². The number of aliphatic hydroxyl groups is 1. The van der Waals surface area contributed by atoms with Crippen LogP contribution in [0.2, 0.25) is 5.02 Å². The molecule has 0 spiro atoms. The molecule has 3 rings (SSSR count). The van der Waals surface area contributed by atoms with E-state index < -0.39 is 11.9 Å². The van der Waals surface area contributed by atoms with E-state index in [1.165, 1.54) is 17.7 Å². The van der Waals surface area contributed by atoms with Gasteiger partial charge in [-0.1, -0.05) is 29.3 Å². The third-order valence-electron chi connectivity index (χ3n) is 5.05. The number of carbonyl (C=O) groups is 1. The SMILES string of the molecule is Cc1ccc(OCC(O)CN2CCN(C(=O)c3ccc(Cl)cc3F)CC2)c(C)c1. The molecule has 1 fully saturated rings. The van der Waals surface area contributed by atoms with Crippen LogP contribution in [0.15, 0.2) is 36.4 Å². The second-order valence-corrected chi connectivity index (χ2v) is 7.89. The summed E-state index contributed by atoms with van der Waals surface area (Å²) in [6.45, 7) is 6.85. The number of β-amino-alcohol motifs (C(OH)–C–C–N with tert-alkyl or cyclic N) is 1. The van der Waals surface area contributed by atoms with Crippen molar-refractivity contribution in [1.29, 1.82) is 0 Å². The molecule has 1 N–H and O–H groups in total. The van der Waals surface area contributed by atoms with Crippen LogP contribution in [0.25, 0.3) is 0 Å². The van der Waals surface area contributed by atoms with E-state index in [-0.39, 0.29) is 23.1 Å². The fraction of sp³-hybridized carbons (Fsp3) is 0.409. The van der Waals surface area contributed by atoms with Gasteiger partial charge in [-0.2, -0.15) is 0 Å². The summed E-state index contributed by atoms with van der Waals surface area (Å²) < 4.78 is 19.7. The number of carbonyl (C=O) groups excluding carboxylic acids is 1. The minimum absolute atomic E-state index is 0.0322. The normalized spacial score (nSPS) is 16.0. The van der Waals surface area contributed by atoms with Gasteiger partial charge in [0.1, 0.15) is 24.3 Å². The summed E-state index contributed by atoms with van der Waals surface area (Å²) in [6, 6.07) is 10.0. The maximum Gasteiger partial charge on any atom is 0.256 e. The van der Waals surface area contributed by atoms with E-state index in [9.17, 15) is 14.3 Å². The molecule has 1 atom stereocenters. The molecule has 1 saturated heterocycles. The van der Waals surface area contributed by atoms with Crippen LogP contribution in [0, 0.1) is 19.7 Å². The number of nitrogens with zero attached hydrogens (tertiary/aromatic N) is 2. The average Bonchev–Trinajstić information content (AvgIpc) is 2.67. The lowest BCUT2D eigenvalue weighted by atomic mass is 10.1. The van der Waals surface area contributed by atoms with Gasteiger partial charge in [-0.15, -0.1) is 0 Å². The number of halogens is 2. The fourth-order valence-corrected chi connectivity index (χ4v) is 3.62. The maximum absolute atomic E-state index is 14.0. The lowest BCUT2D eigenvalue weighted by molar-refractivity contribution is 0.0401. The Morgan fingerprint density at radius 2 is 1.90 bits per heavy atom. The molecule has 7 heteroatoms. The molecule has 1 heterocycles. The number of aliphatic hydroxyl groups excluding tert-OH is 1. The van der Waals surface area contributed by atoms with Gasteiger partial charge in [-0.25, -0.2) is 4.39 Å². The maximum atomic E-state index is 14.0. The van der Waals surface area contributed by atoms with Gasteiger partial charge in [0, 0.05) is 37.7 Å². The summed E-state index contributed by atoms with van der Waals surface area (Å²) in [7, 11) is 0. The topological polar surface area (TPSA) is 53.0 Å². The molecule has 156 valence electrons. The summed E-state index contributed by atoms with van der Waals surface area (Å²) in [6.07, 6.45) is -0.633. The lowest BCUT2D eigenvalue weighted by Crippen LogP contribution is -2.51. The van der Waals surface area contributed by atoms with Crippen LogP contribution in [-0.2, 0) is 0 Å². The quantitative estimate of drug-likeness (QED) is 0.779. The van der Waals surface area contributed by atoms with Crippen LogP contribution in [0.1, 0.15) is 21.5 Å². The Morgan fingerprint density at radius 3 is 2.55 bits per heavy atom. The number of aryl methyl sites for hydroxylation is 2. The highest BCUT2D eigenvalue weighted by atomic mass is 35.5. The molecule has 0 saturated carbocycles. The molecule has 0 aromatic heterocycles. The van der Waals surface area contributed by atoms with Gasteiger partial charge in [0.25, 0.3) is 5.91 Å². The number of hydrogen-bond acceptors (Lipinski definition) is 4. The highest BCUT2D eigenvalue weighted by Gasteiger charge is 2.25. The molecule has 5 nitrogen and oxygen atoms in total. The molecule has 1 aliphatic heterocycles. The molecule has 2 aromatic carbocycles. The molecule has 0 radical (unpaired) electrons. The van der Waals surface area contributed by atoms with Gasteiger partial charge in [-0.3, -0.25) is 9.69 Å². The summed E-state index contributed by atoms with van der Waals surface area (Å²) in [5.74, 6) is -0.170. The van der Waals surface area contributed by atoms with Crippen molar-refractivity contribution in [3.8, 4) is 5.75 Å². The zero-order chi connectivity index (χ0) is 21.0. The predicted octanol–water partition coefficient (Wildman–Crippen LogP) is 3.29. The molecule has 1 unspecified atom stereocenters. The lowest BCUT2D eigenvalue weighted by Gasteiger charge is -2.35. The van der Waals surface area contributed by atoms with Crippen molar-refractivity contribution in [1.82, 2.24) is 9.80 Å². The Labute approximate surface area is 175 Å². The van der Waals surface area contributed by atoms with E-state index in [2.05, 4.69) is 4.90 Å². The number of rotatable bonds is 6. The zero-order valence-corrected chi connectivity index (χ0v) is 17.5. The highest BCUT2D eigenvalue weighted by Crippen LogP contribution is 2.19. The Balaban J connectivity index is 1.46. The van der Waals surface area contributed by atoms with Crippen molar-refractivity contribution in [2.75, 3.05) is 39.3 Å². The van der Waals surface area contributed by atoms with E-state index in [4.69, 9.17) is 16.3 Å². The van der Waals surface area contributed by atoms with E-state index in [0.717, 1.165) is 17.4 Å². The number of piperazine rings is 1. The number of ether oxygens (including phenoxy) is 1. The molecule has 1 amide bonds. The molecule has 1 aliphatic rings. The minimum Gasteiger partial charge on any atom is -0.491 e. The van der Waals surface area contributed by atoms with Crippen molar-refractivity contribution in [2.24, 2.45) is 0 Å². The Morgan fingerprint density at radius 1 is 1.17 bits per heavy atom. The first-order chi connectivity index (χ1) is 13.8. The van der Waals surface area contributed by atoms with Crippen LogP contribution in [0.4, 0.5) is 4.39 Å². The number of benzene rings is 2. The predicted molar refractivity (Wildman–Crippen MR) is 111 cm³/mol. The number of amides is 1. The van der Waals surface area contributed by atoms with E-state index in [1.807, 2.05) is 32.0 Å². The first-order valence-corrected chi connectivity index (χ1v) is 10.1. The average molecular weight is 421 g/mol. The fourth-order valence-electron chi connectivity index (χ4n) is 3.46. The van der Waals surface area contributed by atoms with Crippen LogP contribution >= 0.6 is 11.6 Å². The van der Waals surface area contributed by atoms with Gasteiger partial charge in [0.15, 0.2) is 0 Å². The Bertz CT molecular complexity index is 869. The summed E-state index contributed by atoms with van der Waals surface area (Å²) in [5, 5.41) is 10.6. The third kappa shape index (κ3) is 5.69. The summed E-state index contributed by atoms with van der Waals surface area (Å²) >= 11 is 5.75. The van der Waals surface area contributed by atoms with Crippen LogP contribution < -0.4 is 4.74 Å². The molecule has 0 aliphatic carbocycles. The largest absolute Gasteiger partial charge is 0.491 e.